The number of guanidine groups is 1. The maximum absolute atomic E-state index is 5.79. The van der Waals surface area contributed by atoms with E-state index in [1.165, 1.54) is 16.9 Å². The average Bonchev–Trinajstić information content (AvgIpc) is 2.92. The number of nitrogens with two attached hydrogens (primary N) is 1. The zero-order valence-corrected chi connectivity index (χ0v) is 14.2. The second kappa shape index (κ2) is 9.34. The lowest BCUT2D eigenvalue weighted by Crippen LogP contribution is -2.23. The first-order valence-electron chi connectivity index (χ1n) is 6.75. The van der Waals surface area contributed by atoms with Gasteiger partial charge in [-0.2, -0.15) is 0 Å². The number of aliphatic imine (C=N–C) groups is 1. The lowest BCUT2D eigenvalue weighted by atomic mass is 10.1. The van der Waals surface area contributed by atoms with Gasteiger partial charge in [0.25, 0.3) is 0 Å². The van der Waals surface area contributed by atoms with Crippen LogP contribution >= 0.6 is 23.7 Å². The maximum Gasteiger partial charge on any atom is 0.212 e. The Hall–Kier alpha value is -1.70. The number of anilines is 1. The molecule has 0 atom stereocenters. The third-order valence-electron chi connectivity index (χ3n) is 2.76. The van der Waals surface area contributed by atoms with Crippen LogP contribution in [0.5, 0.6) is 0 Å². The SMILES string of the molecule is CCOCCN=C(N)Nc1nnc(-c2ccccc2C)s1.Cl. The molecule has 0 unspecified atom stereocenters. The van der Waals surface area contributed by atoms with E-state index in [1.807, 2.05) is 38.1 Å². The van der Waals surface area contributed by atoms with Crippen molar-refractivity contribution in [2.24, 2.45) is 10.7 Å². The fourth-order valence-electron chi connectivity index (χ4n) is 1.72. The third kappa shape index (κ3) is 5.25. The Morgan fingerprint density at radius 3 is 2.86 bits per heavy atom. The molecule has 1 heterocycles. The summed E-state index contributed by atoms with van der Waals surface area (Å²) in [5.74, 6) is 0.321. The van der Waals surface area contributed by atoms with Crippen LogP contribution in [0.1, 0.15) is 12.5 Å². The van der Waals surface area contributed by atoms with Crippen molar-refractivity contribution in [3.8, 4) is 10.6 Å². The molecule has 2 rings (SSSR count). The predicted molar refractivity (Wildman–Crippen MR) is 93.9 cm³/mol. The average molecular weight is 342 g/mol. The van der Waals surface area contributed by atoms with Gasteiger partial charge < -0.3 is 15.8 Å². The van der Waals surface area contributed by atoms with Gasteiger partial charge in [0.15, 0.2) is 5.96 Å². The number of ether oxygens (including phenoxy) is 1. The molecule has 3 N–H and O–H groups in total. The van der Waals surface area contributed by atoms with Crippen LogP contribution in [0.25, 0.3) is 10.6 Å². The van der Waals surface area contributed by atoms with E-state index in [4.69, 9.17) is 10.5 Å². The first kappa shape index (κ1) is 18.3. The summed E-state index contributed by atoms with van der Waals surface area (Å²) in [5, 5.41) is 12.7. The van der Waals surface area contributed by atoms with Crippen LogP contribution in [0.15, 0.2) is 29.3 Å². The Labute approximate surface area is 140 Å². The van der Waals surface area contributed by atoms with Gasteiger partial charge in [0.1, 0.15) is 5.01 Å². The lowest BCUT2D eigenvalue weighted by Gasteiger charge is -2.01. The first-order valence-corrected chi connectivity index (χ1v) is 7.56. The molecule has 0 fully saturated rings. The van der Waals surface area contributed by atoms with Gasteiger partial charge in [-0.25, -0.2) is 0 Å². The van der Waals surface area contributed by atoms with Gasteiger partial charge >= 0.3 is 0 Å². The normalized spacial score (nSPS) is 11.1. The van der Waals surface area contributed by atoms with Crippen LogP contribution in [0.2, 0.25) is 0 Å². The smallest absolute Gasteiger partial charge is 0.212 e. The standard InChI is InChI=1S/C14H19N5OS.ClH/c1-3-20-9-8-16-13(15)17-14-19-18-12(21-14)11-7-5-4-6-10(11)2;/h4-7H,3,8-9H2,1-2H3,(H3,15,16,17,19);1H. The highest BCUT2D eigenvalue weighted by molar-refractivity contribution is 7.18. The molecular formula is C14H20ClN5OS. The Kier molecular flexibility index (Phi) is 7.79. The minimum Gasteiger partial charge on any atom is -0.380 e. The minimum atomic E-state index is 0. The number of rotatable bonds is 6. The number of nitrogens with one attached hydrogen (secondary N) is 1. The Morgan fingerprint density at radius 2 is 2.14 bits per heavy atom. The molecule has 120 valence electrons. The molecule has 0 aliphatic rings. The molecule has 8 heteroatoms. The number of hydrogen-bond acceptors (Lipinski definition) is 5. The minimum absolute atomic E-state index is 0. The van der Waals surface area contributed by atoms with E-state index in [0.717, 1.165) is 10.6 Å². The van der Waals surface area contributed by atoms with Gasteiger partial charge in [0.05, 0.1) is 13.2 Å². The van der Waals surface area contributed by atoms with E-state index in [1.54, 1.807) is 0 Å². The second-order valence-corrected chi connectivity index (χ2v) is 5.29. The van der Waals surface area contributed by atoms with Crippen molar-refractivity contribution in [1.29, 1.82) is 0 Å². The van der Waals surface area contributed by atoms with Gasteiger partial charge in [-0.3, -0.25) is 4.99 Å². The fourth-order valence-corrected chi connectivity index (χ4v) is 2.56. The molecule has 22 heavy (non-hydrogen) atoms. The van der Waals surface area contributed by atoms with Crippen molar-refractivity contribution >= 4 is 34.8 Å². The molecule has 0 saturated heterocycles. The molecule has 0 radical (unpaired) electrons. The molecular weight excluding hydrogens is 322 g/mol. The largest absolute Gasteiger partial charge is 0.380 e. The number of halogens is 1. The fraction of sp³-hybridized carbons (Fsp3) is 0.357. The van der Waals surface area contributed by atoms with Gasteiger partial charge in [-0.05, 0) is 19.4 Å². The molecule has 0 spiro atoms. The predicted octanol–water partition coefficient (Wildman–Crippen LogP) is 2.70. The summed E-state index contributed by atoms with van der Waals surface area (Å²) in [6.07, 6.45) is 0. The lowest BCUT2D eigenvalue weighted by molar-refractivity contribution is 0.156. The number of aromatic nitrogens is 2. The molecule has 1 aromatic carbocycles. The Balaban J connectivity index is 0.00000242. The van der Waals surface area contributed by atoms with E-state index in [9.17, 15) is 0 Å². The summed E-state index contributed by atoms with van der Waals surface area (Å²) in [5.41, 5.74) is 8.03. The molecule has 0 aliphatic carbocycles. The number of hydrogen-bond donors (Lipinski definition) is 2. The van der Waals surface area contributed by atoms with E-state index >= 15 is 0 Å². The van der Waals surface area contributed by atoms with Gasteiger partial charge in [-0.1, -0.05) is 35.6 Å². The quantitative estimate of drug-likeness (QED) is 0.479. The van der Waals surface area contributed by atoms with Gasteiger partial charge in [0, 0.05) is 12.2 Å². The molecule has 6 nitrogen and oxygen atoms in total. The van der Waals surface area contributed by atoms with Crippen molar-refractivity contribution in [3.63, 3.8) is 0 Å². The van der Waals surface area contributed by atoms with E-state index in [-0.39, 0.29) is 12.4 Å². The highest BCUT2D eigenvalue weighted by atomic mass is 35.5. The summed E-state index contributed by atoms with van der Waals surface area (Å²) >= 11 is 1.45. The van der Waals surface area contributed by atoms with Crippen molar-refractivity contribution < 1.29 is 4.74 Å². The van der Waals surface area contributed by atoms with Crippen molar-refractivity contribution in [2.75, 3.05) is 25.1 Å². The van der Waals surface area contributed by atoms with Gasteiger partial charge in [0.2, 0.25) is 5.13 Å². The monoisotopic (exact) mass is 341 g/mol. The summed E-state index contributed by atoms with van der Waals surface area (Å²) in [4.78, 5) is 4.15. The Bertz CT molecular complexity index is 617. The first-order chi connectivity index (χ1) is 10.2. The van der Waals surface area contributed by atoms with E-state index < -0.39 is 0 Å². The third-order valence-corrected chi connectivity index (χ3v) is 3.63. The van der Waals surface area contributed by atoms with E-state index in [0.29, 0.717) is 30.8 Å². The topological polar surface area (TPSA) is 85.4 Å². The molecule has 2 aromatic rings. The second-order valence-electron chi connectivity index (χ2n) is 4.32. The van der Waals surface area contributed by atoms with Crippen molar-refractivity contribution in [3.05, 3.63) is 29.8 Å². The number of aryl methyl sites for hydroxylation is 1. The maximum atomic E-state index is 5.79. The Morgan fingerprint density at radius 1 is 1.36 bits per heavy atom. The molecule has 0 aliphatic heterocycles. The summed E-state index contributed by atoms with van der Waals surface area (Å²) in [7, 11) is 0. The van der Waals surface area contributed by atoms with Crippen LogP contribution in [0.3, 0.4) is 0 Å². The van der Waals surface area contributed by atoms with Crippen LogP contribution in [0.4, 0.5) is 5.13 Å². The highest BCUT2D eigenvalue weighted by Crippen LogP contribution is 2.28. The molecule has 1 aromatic heterocycles. The summed E-state index contributed by atoms with van der Waals surface area (Å²) in [6, 6.07) is 8.06. The summed E-state index contributed by atoms with van der Waals surface area (Å²) in [6.45, 7) is 5.76. The zero-order chi connectivity index (χ0) is 15.1. The van der Waals surface area contributed by atoms with Gasteiger partial charge in [-0.15, -0.1) is 22.6 Å². The number of benzene rings is 1. The van der Waals surface area contributed by atoms with Crippen LogP contribution in [0, 0.1) is 6.92 Å². The summed E-state index contributed by atoms with van der Waals surface area (Å²) < 4.78 is 5.19. The zero-order valence-electron chi connectivity index (χ0n) is 12.6. The van der Waals surface area contributed by atoms with Crippen molar-refractivity contribution in [2.45, 2.75) is 13.8 Å². The molecule has 0 saturated carbocycles. The van der Waals surface area contributed by atoms with Crippen LogP contribution in [-0.4, -0.2) is 35.9 Å². The molecule has 0 bridgehead atoms. The highest BCUT2D eigenvalue weighted by Gasteiger charge is 2.08. The van der Waals surface area contributed by atoms with Crippen molar-refractivity contribution in [1.82, 2.24) is 10.2 Å². The van der Waals surface area contributed by atoms with Crippen LogP contribution in [-0.2, 0) is 4.74 Å². The van der Waals surface area contributed by atoms with Crippen LogP contribution < -0.4 is 11.1 Å². The number of nitrogens with zero attached hydrogens (tertiary/aromatic N) is 3. The van der Waals surface area contributed by atoms with E-state index in [2.05, 4.69) is 20.5 Å². The molecule has 0 amide bonds.